The molecule has 2 rings (SSSR count). The molecule has 0 bridgehead atoms. The zero-order valence-corrected chi connectivity index (χ0v) is 11.3. The fraction of sp³-hybridized carbons (Fsp3) is 1.00. The molecule has 1 aliphatic carbocycles. The SMILES string of the molecule is CNS(=O)(=O)NC1CCNC2(CCCCC2)C1. The molecule has 17 heavy (non-hydrogen) atoms. The average molecular weight is 261 g/mol. The molecular weight excluding hydrogens is 238 g/mol. The van der Waals surface area contributed by atoms with Crippen LogP contribution in [0.15, 0.2) is 0 Å². The Bertz CT molecular complexity index is 344. The minimum absolute atomic E-state index is 0.0757. The van der Waals surface area contributed by atoms with Crippen molar-refractivity contribution in [2.75, 3.05) is 13.6 Å². The van der Waals surface area contributed by atoms with E-state index >= 15 is 0 Å². The topological polar surface area (TPSA) is 70.2 Å². The predicted octanol–water partition coefficient (Wildman–Crippen LogP) is 0.495. The fourth-order valence-corrected chi connectivity index (χ4v) is 3.90. The van der Waals surface area contributed by atoms with E-state index in [2.05, 4.69) is 14.8 Å². The number of nitrogens with one attached hydrogen (secondary N) is 3. The third kappa shape index (κ3) is 3.40. The van der Waals surface area contributed by atoms with Gasteiger partial charge in [0.15, 0.2) is 0 Å². The molecule has 0 aromatic carbocycles. The highest BCUT2D eigenvalue weighted by atomic mass is 32.2. The third-order valence-electron chi connectivity index (χ3n) is 4.03. The molecule has 1 saturated carbocycles. The monoisotopic (exact) mass is 261 g/mol. The molecule has 1 unspecified atom stereocenters. The van der Waals surface area contributed by atoms with Crippen molar-refractivity contribution in [1.29, 1.82) is 0 Å². The first-order valence-electron chi connectivity index (χ1n) is 6.51. The molecule has 1 spiro atoms. The summed E-state index contributed by atoms with van der Waals surface area (Å²) in [5.74, 6) is 0. The van der Waals surface area contributed by atoms with E-state index in [4.69, 9.17) is 0 Å². The van der Waals surface area contributed by atoms with Gasteiger partial charge in [-0.15, -0.1) is 0 Å². The Balaban J connectivity index is 1.97. The molecule has 1 saturated heterocycles. The summed E-state index contributed by atoms with van der Waals surface area (Å²) in [4.78, 5) is 0. The van der Waals surface area contributed by atoms with E-state index in [1.165, 1.54) is 39.2 Å². The Morgan fingerprint density at radius 2 is 1.94 bits per heavy atom. The molecule has 2 aliphatic rings. The van der Waals surface area contributed by atoms with Gasteiger partial charge in [0, 0.05) is 18.6 Å². The molecule has 3 N–H and O–H groups in total. The minimum atomic E-state index is -3.30. The highest BCUT2D eigenvalue weighted by Crippen LogP contribution is 2.34. The first-order chi connectivity index (χ1) is 8.05. The Kier molecular flexibility index (Phi) is 4.07. The summed E-state index contributed by atoms with van der Waals surface area (Å²) in [5.41, 5.74) is 0.192. The second-order valence-corrected chi connectivity index (χ2v) is 6.93. The van der Waals surface area contributed by atoms with Crippen LogP contribution in [-0.4, -0.2) is 33.6 Å². The summed E-state index contributed by atoms with van der Waals surface area (Å²) >= 11 is 0. The summed E-state index contributed by atoms with van der Waals surface area (Å²) in [7, 11) is -1.86. The van der Waals surface area contributed by atoms with Crippen LogP contribution in [0.2, 0.25) is 0 Å². The third-order valence-corrected chi connectivity index (χ3v) is 5.21. The van der Waals surface area contributed by atoms with Crippen molar-refractivity contribution in [3.05, 3.63) is 0 Å². The predicted molar refractivity (Wildman–Crippen MR) is 68.0 cm³/mol. The molecule has 2 fully saturated rings. The maximum atomic E-state index is 11.5. The van der Waals surface area contributed by atoms with E-state index in [0.717, 1.165) is 19.4 Å². The zero-order chi connectivity index (χ0) is 12.4. The average Bonchev–Trinajstić information content (AvgIpc) is 2.29. The number of hydrogen-bond donors (Lipinski definition) is 3. The maximum Gasteiger partial charge on any atom is 0.276 e. The lowest BCUT2D eigenvalue weighted by atomic mass is 9.75. The smallest absolute Gasteiger partial charge is 0.276 e. The molecular formula is C11H23N3O2S. The van der Waals surface area contributed by atoms with Crippen molar-refractivity contribution < 1.29 is 8.42 Å². The zero-order valence-electron chi connectivity index (χ0n) is 10.5. The van der Waals surface area contributed by atoms with Gasteiger partial charge in [0.25, 0.3) is 10.2 Å². The Morgan fingerprint density at radius 1 is 1.24 bits per heavy atom. The van der Waals surface area contributed by atoms with Crippen LogP contribution in [0.1, 0.15) is 44.9 Å². The quantitative estimate of drug-likeness (QED) is 0.692. The van der Waals surface area contributed by atoms with Crippen molar-refractivity contribution in [2.45, 2.75) is 56.5 Å². The van der Waals surface area contributed by atoms with Crippen molar-refractivity contribution >= 4 is 10.2 Å². The summed E-state index contributed by atoms with van der Waals surface area (Å²) in [5, 5.41) is 3.61. The molecule has 6 heteroatoms. The van der Waals surface area contributed by atoms with E-state index in [9.17, 15) is 8.42 Å². The van der Waals surface area contributed by atoms with Crippen LogP contribution in [0.3, 0.4) is 0 Å². The van der Waals surface area contributed by atoms with E-state index in [-0.39, 0.29) is 11.6 Å². The van der Waals surface area contributed by atoms with Crippen LogP contribution in [0.5, 0.6) is 0 Å². The molecule has 0 amide bonds. The normalized spacial score (nSPS) is 29.4. The minimum Gasteiger partial charge on any atom is -0.311 e. The van der Waals surface area contributed by atoms with E-state index in [0.29, 0.717) is 0 Å². The van der Waals surface area contributed by atoms with Crippen molar-refractivity contribution in [2.24, 2.45) is 0 Å². The second-order valence-electron chi connectivity index (χ2n) is 5.28. The van der Waals surface area contributed by atoms with Crippen molar-refractivity contribution in [3.63, 3.8) is 0 Å². The van der Waals surface area contributed by atoms with Crippen LogP contribution < -0.4 is 14.8 Å². The lowest BCUT2D eigenvalue weighted by molar-refractivity contribution is 0.165. The van der Waals surface area contributed by atoms with E-state index in [1.807, 2.05) is 0 Å². The Hall–Kier alpha value is -0.170. The number of hydrogen-bond acceptors (Lipinski definition) is 3. The van der Waals surface area contributed by atoms with Crippen LogP contribution in [0, 0.1) is 0 Å². The summed E-state index contributed by atoms with van der Waals surface area (Å²) in [6, 6.07) is 0.0757. The van der Waals surface area contributed by atoms with Gasteiger partial charge in [0.05, 0.1) is 0 Å². The molecule has 0 aromatic rings. The van der Waals surface area contributed by atoms with Gasteiger partial charge in [-0.1, -0.05) is 19.3 Å². The van der Waals surface area contributed by atoms with E-state index in [1.54, 1.807) is 0 Å². The van der Waals surface area contributed by atoms with Gasteiger partial charge in [0.2, 0.25) is 0 Å². The molecule has 0 aromatic heterocycles. The fourth-order valence-electron chi connectivity index (χ4n) is 3.15. The van der Waals surface area contributed by atoms with Crippen LogP contribution >= 0.6 is 0 Å². The summed E-state index contributed by atoms with van der Waals surface area (Å²) in [6.45, 7) is 0.914. The highest BCUT2D eigenvalue weighted by Gasteiger charge is 2.37. The van der Waals surface area contributed by atoms with Gasteiger partial charge in [-0.3, -0.25) is 0 Å². The maximum absolute atomic E-state index is 11.5. The number of piperidine rings is 1. The molecule has 1 atom stereocenters. The van der Waals surface area contributed by atoms with Crippen LogP contribution in [0.25, 0.3) is 0 Å². The van der Waals surface area contributed by atoms with Gasteiger partial charge >= 0.3 is 0 Å². The summed E-state index contributed by atoms with van der Waals surface area (Å²) < 4.78 is 28.1. The standard InChI is InChI=1S/C11H23N3O2S/c1-12-17(15,16)14-10-5-8-13-11(9-10)6-3-2-4-7-11/h10,12-14H,2-9H2,1H3. The van der Waals surface area contributed by atoms with Crippen LogP contribution in [-0.2, 0) is 10.2 Å². The van der Waals surface area contributed by atoms with Gasteiger partial charge < -0.3 is 5.32 Å². The highest BCUT2D eigenvalue weighted by molar-refractivity contribution is 7.87. The molecule has 5 nitrogen and oxygen atoms in total. The largest absolute Gasteiger partial charge is 0.311 e. The first-order valence-corrected chi connectivity index (χ1v) is 7.99. The van der Waals surface area contributed by atoms with E-state index < -0.39 is 10.2 Å². The molecule has 1 heterocycles. The van der Waals surface area contributed by atoms with Crippen molar-refractivity contribution in [3.8, 4) is 0 Å². The molecule has 1 aliphatic heterocycles. The Morgan fingerprint density at radius 3 is 2.59 bits per heavy atom. The van der Waals surface area contributed by atoms with Gasteiger partial charge in [-0.05, 0) is 32.2 Å². The lowest BCUT2D eigenvalue weighted by Gasteiger charge is -2.44. The molecule has 100 valence electrons. The van der Waals surface area contributed by atoms with Gasteiger partial charge in [0.1, 0.15) is 0 Å². The second kappa shape index (κ2) is 5.22. The molecule has 0 radical (unpaired) electrons. The Labute approximate surface area is 104 Å². The lowest BCUT2D eigenvalue weighted by Crippen LogP contribution is -2.57. The first kappa shape index (κ1) is 13.3. The van der Waals surface area contributed by atoms with Gasteiger partial charge in [-0.25, -0.2) is 4.72 Å². The number of rotatable bonds is 3. The van der Waals surface area contributed by atoms with Gasteiger partial charge in [-0.2, -0.15) is 13.1 Å². The van der Waals surface area contributed by atoms with Crippen molar-refractivity contribution in [1.82, 2.24) is 14.8 Å². The van der Waals surface area contributed by atoms with Crippen LogP contribution in [0.4, 0.5) is 0 Å². The summed E-state index contributed by atoms with van der Waals surface area (Å²) in [6.07, 6.45) is 8.01.